The molecule has 0 atom stereocenters. The van der Waals surface area contributed by atoms with E-state index in [0.717, 1.165) is 11.3 Å². The lowest BCUT2D eigenvalue weighted by Gasteiger charge is -2.21. The van der Waals surface area contributed by atoms with Crippen LogP contribution in [0.15, 0.2) is 77.8 Å². The van der Waals surface area contributed by atoms with E-state index in [4.69, 9.17) is 9.73 Å². The number of carbonyl (C=O) groups is 2. The van der Waals surface area contributed by atoms with E-state index in [1.54, 1.807) is 30.0 Å². The molecular formula is C28H28N4O4. The van der Waals surface area contributed by atoms with Gasteiger partial charge in [0.05, 0.1) is 29.6 Å². The lowest BCUT2D eigenvalue weighted by Crippen LogP contribution is -2.34. The lowest BCUT2D eigenvalue weighted by molar-refractivity contribution is -0.116. The number of likely N-dealkylation sites (N-methyl/N-ethyl adjacent to an activating group) is 1. The maximum atomic E-state index is 12.1. The largest absolute Gasteiger partial charge is 0.494 e. The predicted molar refractivity (Wildman–Crippen MR) is 141 cm³/mol. The van der Waals surface area contributed by atoms with Crippen molar-refractivity contribution in [3.8, 4) is 5.88 Å². The Hall–Kier alpha value is -4.43. The zero-order chi connectivity index (χ0) is 25.7. The molecule has 0 fully saturated rings. The highest BCUT2D eigenvalue weighted by molar-refractivity contribution is 6.22. The van der Waals surface area contributed by atoms with Crippen molar-refractivity contribution < 1.29 is 19.4 Å². The molecule has 4 aromatic rings. The maximum Gasteiger partial charge on any atom is 0.337 e. The molecule has 0 spiro atoms. The number of nitrogens with one attached hydrogen (secondary N) is 2. The molecule has 36 heavy (non-hydrogen) atoms. The summed E-state index contributed by atoms with van der Waals surface area (Å²) in [5.41, 5.74) is 4.31. The lowest BCUT2D eigenvalue weighted by atomic mass is 10.00. The Bertz CT molecular complexity index is 1410. The molecule has 3 N–H and O–H groups in total. The van der Waals surface area contributed by atoms with Crippen molar-refractivity contribution in [1.82, 2.24) is 10.3 Å². The van der Waals surface area contributed by atoms with Gasteiger partial charge in [-0.3, -0.25) is 4.79 Å². The van der Waals surface area contributed by atoms with Crippen molar-refractivity contribution in [2.45, 2.75) is 6.92 Å². The number of aromatic hydroxyl groups is 1. The van der Waals surface area contributed by atoms with E-state index in [9.17, 15) is 14.7 Å². The van der Waals surface area contributed by atoms with Gasteiger partial charge >= 0.3 is 5.97 Å². The number of ether oxygens (including phenoxy) is 1. The number of anilines is 1. The number of benzene rings is 3. The van der Waals surface area contributed by atoms with E-state index in [1.807, 2.05) is 61.6 Å². The number of aromatic amines is 1. The molecule has 0 bridgehead atoms. The quantitative estimate of drug-likeness (QED) is 0.254. The predicted octanol–water partition coefficient (Wildman–Crippen LogP) is 4.40. The number of carbonyl (C=O) groups excluding carboxylic acids is 2. The third kappa shape index (κ3) is 5.13. The number of aromatic nitrogens is 1. The fourth-order valence-electron chi connectivity index (χ4n) is 4.06. The van der Waals surface area contributed by atoms with Gasteiger partial charge < -0.3 is 25.0 Å². The summed E-state index contributed by atoms with van der Waals surface area (Å²) < 4.78 is 4.81. The van der Waals surface area contributed by atoms with Crippen LogP contribution < -0.4 is 10.2 Å². The van der Waals surface area contributed by atoms with Gasteiger partial charge in [0.15, 0.2) is 5.88 Å². The van der Waals surface area contributed by atoms with Crippen LogP contribution in [0.5, 0.6) is 5.88 Å². The molecule has 184 valence electrons. The van der Waals surface area contributed by atoms with Crippen molar-refractivity contribution in [1.29, 1.82) is 0 Å². The van der Waals surface area contributed by atoms with Crippen molar-refractivity contribution in [2.75, 3.05) is 32.1 Å². The summed E-state index contributed by atoms with van der Waals surface area (Å²) in [5, 5.41) is 14.7. The number of esters is 1. The first-order valence-corrected chi connectivity index (χ1v) is 11.5. The molecule has 1 heterocycles. The second kappa shape index (κ2) is 10.9. The van der Waals surface area contributed by atoms with Gasteiger partial charge in [-0.2, -0.15) is 0 Å². The number of methoxy groups -OCH3 is 1. The van der Waals surface area contributed by atoms with E-state index in [0.29, 0.717) is 46.5 Å². The molecule has 0 radical (unpaired) electrons. The number of fused-ring (bicyclic) bond motifs is 1. The van der Waals surface area contributed by atoms with E-state index in [2.05, 4.69) is 10.3 Å². The Labute approximate surface area is 209 Å². The van der Waals surface area contributed by atoms with Crippen LogP contribution in [0.3, 0.4) is 0 Å². The Morgan fingerprint density at radius 3 is 2.39 bits per heavy atom. The third-order valence-corrected chi connectivity index (χ3v) is 5.85. The summed E-state index contributed by atoms with van der Waals surface area (Å²) in [6, 6.07) is 22.0. The topological polar surface area (TPSA) is 107 Å². The van der Waals surface area contributed by atoms with Gasteiger partial charge in [0.1, 0.15) is 0 Å². The summed E-state index contributed by atoms with van der Waals surface area (Å²) in [6.07, 6.45) is 0. The molecule has 0 aliphatic rings. The second-order valence-electron chi connectivity index (χ2n) is 8.22. The number of hydrogen-bond acceptors (Lipinski definition) is 6. The summed E-state index contributed by atoms with van der Waals surface area (Å²) in [4.78, 5) is 33.6. The summed E-state index contributed by atoms with van der Waals surface area (Å²) in [5.74, 6) is -0.554. The van der Waals surface area contributed by atoms with Gasteiger partial charge in [-0.1, -0.05) is 36.4 Å². The average Bonchev–Trinajstić information content (AvgIpc) is 3.22. The SMILES string of the molecule is CNCCN(C(C)=O)c1ccc(N=C(c2ccccc2)c2c(O)[nH]c3cc(C(=O)OC)ccc23)cc1. The highest BCUT2D eigenvalue weighted by Gasteiger charge is 2.20. The molecular weight excluding hydrogens is 456 g/mol. The summed E-state index contributed by atoms with van der Waals surface area (Å²) in [6.45, 7) is 2.77. The third-order valence-electron chi connectivity index (χ3n) is 5.85. The van der Waals surface area contributed by atoms with Crippen molar-refractivity contribution in [2.24, 2.45) is 4.99 Å². The van der Waals surface area contributed by atoms with Crippen LogP contribution in [0.1, 0.15) is 28.4 Å². The molecule has 1 amide bonds. The number of H-pyrrole nitrogens is 1. The normalized spacial score (nSPS) is 11.5. The Morgan fingerprint density at radius 1 is 1.03 bits per heavy atom. The fourth-order valence-corrected chi connectivity index (χ4v) is 4.06. The minimum absolute atomic E-state index is 0.0403. The monoisotopic (exact) mass is 484 g/mol. The van der Waals surface area contributed by atoms with Gasteiger partial charge in [-0.25, -0.2) is 9.79 Å². The zero-order valence-corrected chi connectivity index (χ0v) is 20.4. The molecule has 0 unspecified atom stereocenters. The van der Waals surface area contributed by atoms with Crippen LogP contribution in [0.25, 0.3) is 10.9 Å². The highest BCUT2D eigenvalue weighted by Crippen LogP contribution is 2.32. The molecule has 0 saturated heterocycles. The summed E-state index contributed by atoms with van der Waals surface area (Å²) >= 11 is 0. The van der Waals surface area contributed by atoms with E-state index >= 15 is 0 Å². The van der Waals surface area contributed by atoms with Gasteiger partial charge in [0, 0.05) is 42.2 Å². The van der Waals surface area contributed by atoms with Crippen LogP contribution in [0.4, 0.5) is 11.4 Å². The zero-order valence-electron chi connectivity index (χ0n) is 20.4. The molecule has 1 aromatic heterocycles. The molecule has 4 rings (SSSR count). The van der Waals surface area contributed by atoms with Crippen LogP contribution in [-0.2, 0) is 9.53 Å². The van der Waals surface area contributed by atoms with Gasteiger partial charge in [0.2, 0.25) is 5.91 Å². The average molecular weight is 485 g/mol. The molecule has 3 aromatic carbocycles. The minimum atomic E-state index is -0.459. The van der Waals surface area contributed by atoms with Gasteiger partial charge in [-0.15, -0.1) is 0 Å². The van der Waals surface area contributed by atoms with Crippen LogP contribution >= 0.6 is 0 Å². The number of aliphatic imine (C=N–C) groups is 1. The first-order chi connectivity index (χ1) is 17.4. The Morgan fingerprint density at radius 2 is 1.75 bits per heavy atom. The molecule has 8 nitrogen and oxygen atoms in total. The first kappa shape index (κ1) is 24.7. The smallest absolute Gasteiger partial charge is 0.337 e. The fraction of sp³-hybridized carbons (Fsp3) is 0.179. The molecule has 0 saturated carbocycles. The van der Waals surface area contributed by atoms with Crippen molar-refractivity contribution in [3.63, 3.8) is 0 Å². The van der Waals surface area contributed by atoms with Crippen molar-refractivity contribution >= 4 is 39.9 Å². The standard InChI is InChI=1S/C28H28N4O4/c1-18(33)32(16-15-29-2)22-12-10-21(11-13-22)30-26(19-7-5-4-6-8-19)25-23-14-9-20(28(35)36-3)17-24(23)31-27(25)34/h4-14,17,29,31,34H,15-16H2,1-3H3. The van der Waals surface area contributed by atoms with Crippen LogP contribution in [0, 0.1) is 0 Å². The number of hydrogen-bond donors (Lipinski definition) is 3. The summed E-state index contributed by atoms with van der Waals surface area (Å²) in [7, 11) is 3.17. The van der Waals surface area contributed by atoms with Gasteiger partial charge in [0.25, 0.3) is 0 Å². The van der Waals surface area contributed by atoms with E-state index < -0.39 is 5.97 Å². The number of amides is 1. The first-order valence-electron chi connectivity index (χ1n) is 11.5. The Balaban J connectivity index is 1.80. The maximum absolute atomic E-state index is 12.1. The highest BCUT2D eigenvalue weighted by atomic mass is 16.5. The second-order valence-corrected chi connectivity index (χ2v) is 8.22. The minimum Gasteiger partial charge on any atom is -0.494 e. The van der Waals surface area contributed by atoms with E-state index in [-0.39, 0.29) is 11.8 Å². The molecule has 0 aliphatic carbocycles. The number of rotatable bonds is 8. The van der Waals surface area contributed by atoms with Crippen LogP contribution in [0.2, 0.25) is 0 Å². The van der Waals surface area contributed by atoms with Crippen molar-refractivity contribution in [3.05, 3.63) is 89.5 Å². The number of nitrogens with zero attached hydrogens (tertiary/aromatic N) is 2. The molecule has 0 aliphatic heterocycles. The van der Waals surface area contributed by atoms with Crippen LogP contribution in [-0.4, -0.2) is 54.9 Å². The van der Waals surface area contributed by atoms with E-state index in [1.165, 1.54) is 7.11 Å². The Kier molecular flexibility index (Phi) is 7.46. The molecule has 8 heteroatoms. The van der Waals surface area contributed by atoms with Gasteiger partial charge in [-0.05, 0) is 43.4 Å².